The first-order chi connectivity index (χ1) is 12.3. The summed E-state index contributed by atoms with van der Waals surface area (Å²) in [5.74, 6) is 0.664. The molecule has 3 rings (SSSR count). The molecule has 0 aromatic heterocycles. The fourth-order valence-corrected chi connectivity index (χ4v) is 3.13. The highest BCUT2D eigenvalue weighted by atomic mass is 19.1. The van der Waals surface area contributed by atoms with Crippen LogP contribution in [0.4, 0.5) is 4.39 Å². The van der Waals surface area contributed by atoms with Crippen LogP contribution in [0.15, 0.2) is 48.5 Å². The predicted octanol–water partition coefficient (Wildman–Crippen LogP) is 3.00. The summed E-state index contributed by atoms with van der Waals surface area (Å²) in [6.45, 7) is 4.93. The highest BCUT2D eigenvalue weighted by Crippen LogP contribution is 2.23. The van der Waals surface area contributed by atoms with E-state index in [1.54, 1.807) is 7.11 Å². The number of methoxy groups -OCH3 is 1. The molecule has 1 fully saturated rings. The summed E-state index contributed by atoms with van der Waals surface area (Å²) >= 11 is 0. The number of ether oxygens (including phenoxy) is 2. The Morgan fingerprint density at radius 2 is 1.76 bits per heavy atom. The van der Waals surface area contributed by atoms with Crippen molar-refractivity contribution < 1.29 is 13.9 Å². The molecule has 1 saturated heterocycles. The maximum atomic E-state index is 13.0. The molecule has 1 atom stereocenters. The zero-order valence-corrected chi connectivity index (χ0v) is 14.6. The maximum Gasteiger partial charge on any atom is 0.123 e. The molecule has 0 spiro atoms. The summed E-state index contributed by atoms with van der Waals surface area (Å²) in [5, 5.41) is 3.51. The van der Waals surface area contributed by atoms with Crippen molar-refractivity contribution in [3.8, 4) is 5.75 Å². The van der Waals surface area contributed by atoms with Gasteiger partial charge in [-0.3, -0.25) is 4.90 Å². The topological polar surface area (TPSA) is 33.7 Å². The molecule has 4 nitrogen and oxygen atoms in total. The molecule has 0 radical (unpaired) electrons. The molecule has 2 aromatic rings. The van der Waals surface area contributed by atoms with E-state index in [1.807, 2.05) is 24.3 Å². The van der Waals surface area contributed by atoms with Gasteiger partial charge in [-0.05, 0) is 35.4 Å². The molecular formula is C20H25FN2O2. The first-order valence-corrected chi connectivity index (χ1v) is 8.67. The molecule has 0 bridgehead atoms. The second kappa shape index (κ2) is 8.94. The minimum Gasteiger partial charge on any atom is -0.497 e. The Morgan fingerprint density at radius 3 is 2.40 bits per heavy atom. The number of rotatable bonds is 7. The van der Waals surface area contributed by atoms with Crippen LogP contribution in [-0.2, 0) is 11.3 Å². The lowest BCUT2D eigenvalue weighted by Gasteiger charge is -2.35. The Labute approximate surface area is 148 Å². The number of nitrogens with zero attached hydrogens (tertiary/aromatic N) is 1. The quantitative estimate of drug-likeness (QED) is 0.837. The zero-order chi connectivity index (χ0) is 17.5. The molecule has 1 aliphatic heterocycles. The molecule has 2 aromatic carbocycles. The molecular weight excluding hydrogens is 319 g/mol. The second-order valence-electron chi connectivity index (χ2n) is 6.19. The van der Waals surface area contributed by atoms with Crippen LogP contribution < -0.4 is 10.1 Å². The Morgan fingerprint density at radius 1 is 1.08 bits per heavy atom. The molecule has 0 amide bonds. The summed E-state index contributed by atoms with van der Waals surface area (Å²) in [5.41, 5.74) is 2.34. The highest BCUT2D eigenvalue weighted by molar-refractivity contribution is 5.29. The van der Waals surface area contributed by atoms with Crippen molar-refractivity contribution in [3.63, 3.8) is 0 Å². The van der Waals surface area contributed by atoms with Gasteiger partial charge >= 0.3 is 0 Å². The number of halogens is 1. The summed E-state index contributed by atoms with van der Waals surface area (Å²) in [6.07, 6.45) is 0. The van der Waals surface area contributed by atoms with Crippen molar-refractivity contribution in [2.24, 2.45) is 0 Å². The molecule has 1 N–H and O–H groups in total. The van der Waals surface area contributed by atoms with E-state index < -0.39 is 0 Å². The molecule has 1 unspecified atom stereocenters. The molecule has 25 heavy (non-hydrogen) atoms. The molecule has 1 aliphatic rings. The van der Waals surface area contributed by atoms with Gasteiger partial charge in [-0.2, -0.15) is 0 Å². The van der Waals surface area contributed by atoms with E-state index in [4.69, 9.17) is 9.47 Å². The SMILES string of the molecule is COc1ccc(C(CNCc2ccc(F)cc2)N2CCOCC2)cc1. The largest absolute Gasteiger partial charge is 0.497 e. The average molecular weight is 344 g/mol. The van der Waals surface area contributed by atoms with Gasteiger partial charge in [0.25, 0.3) is 0 Å². The summed E-state index contributed by atoms with van der Waals surface area (Å²) in [4.78, 5) is 2.45. The van der Waals surface area contributed by atoms with E-state index in [0.29, 0.717) is 0 Å². The van der Waals surface area contributed by atoms with Crippen LogP contribution in [0.5, 0.6) is 5.75 Å². The van der Waals surface area contributed by atoms with Gasteiger partial charge in [-0.25, -0.2) is 4.39 Å². The van der Waals surface area contributed by atoms with E-state index >= 15 is 0 Å². The standard InChI is InChI=1S/C20H25FN2O2/c1-24-19-8-4-17(5-9-19)20(23-10-12-25-13-11-23)15-22-14-16-2-6-18(21)7-3-16/h2-9,20,22H,10-15H2,1H3. The lowest BCUT2D eigenvalue weighted by Crippen LogP contribution is -2.42. The van der Waals surface area contributed by atoms with Crippen LogP contribution in [-0.4, -0.2) is 44.9 Å². The minimum absolute atomic E-state index is 0.201. The number of hydrogen-bond donors (Lipinski definition) is 1. The average Bonchev–Trinajstić information content (AvgIpc) is 2.67. The molecule has 134 valence electrons. The first-order valence-electron chi connectivity index (χ1n) is 8.67. The molecule has 1 heterocycles. The third kappa shape index (κ3) is 5.01. The van der Waals surface area contributed by atoms with Crippen molar-refractivity contribution >= 4 is 0 Å². The van der Waals surface area contributed by atoms with Gasteiger partial charge in [0, 0.05) is 32.2 Å². The van der Waals surface area contributed by atoms with Crippen LogP contribution in [0.25, 0.3) is 0 Å². The molecule has 5 heteroatoms. The van der Waals surface area contributed by atoms with E-state index in [-0.39, 0.29) is 11.9 Å². The van der Waals surface area contributed by atoms with Crippen molar-refractivity contribution in [2.75, 3.05) is 40.0 Å². The van der Waals surface area contributed by atoms with Gasteiger partial charge < -0.3 is 14.8 Å². The van der Waals surface area contributed by atoms with Crippen molar-refractivity contribution in [2.45, 2.75) is 12.6 Å². The maximum absolute atomic E-state index is 13.0. The number of benzene rings is 2. The fraction of sp³-hybridized carbons (Fsp3) is 0.400. The Kier molecular flexibility index (Phi) is 6.39. The normalized spacial score (nSPS) is 16.6. The number of hydrogen-bond acceptors (Lipinski definition) is 4. The smallest absolute Gasteiger partial charge is 0.123 e. The summed E-state index contributed by atoms with van der Waals surface area (Å²) < 4.78 is 23.8. The zero-order valence-electron chi connectivity index (χ0n) is 14.6. The van der Waals surface area contributed by atoms with E-state index in [2.05, 4.69) is 22.3 Å². The third-order valence-corrected chi connectivity index (χ3v) is 4.57. The van der Waals surface area contributed by atoms with Gasteiger partial charge in [0.05, 0.1) is 20.3 Å². The van der Waals surface area contributed by atoms with Crippen LogP contribution in [0.1, 0.15) is 17.2 Å². The Bertz CT molecular complexity index is 640. The molecule has 0 aliphatic carbocycles. The van der Waals surface area contributed by atoms with Crippen LogP contribution in [0.3, 0.4) is 0 Å². The Balaban J connectivity index is 1.65. The van der Waals surface area contributed by atoms with Crippen LogP contribution >= 0.6 is 0 Å². The lowest BCUT2D eigenvalue weighted by molar-refractivity contribution is 0.0161. The monoisotopic (exact) mass is 344 g/mol. The van der Waals surface area contributed by atoms with Crippen molar-refractivity contribution in [1.29, 1.82) is 0 Å². The molecule has 0 saturated carbocycles. The highest BCUT2D eigenvalue weighted by Gasteiger charge is 2.22. The van der Waals surface area contributed by atoms with Gasteiger partial charge in [-0.15, -0.1) is 0 Å². The van der Waals surface area contributed by atoms with Crippen LogP contribution in [0, 0.1) is 5.82 Å². The fourth-order valence-electron chi connectivity index (χ4n) is 3.13. The van der Waals surface area contributed by atoms with Gasteiger partial charge in [-0.1, -0.05) is 24.3 Å². The van der Waals surface area contributed by atoms with Crippen molar-refractivity contribution in [3.05, 3.63) is 65.5 Å². The lowest BCUT2D eigenvalue weighted by atomic mass is 10.0. The minimum atomic E-state index is -0.201. The van der Waals surface area contributed by atoms with Gasteiger partial charge in [0.15, 0.2) is 0 Å². The predicted molar refractivity (Wildman–Crippen MR) is 96.2 cm³/mol. The van der Waals surface area contributed by atoms with E-state index in [0.717, 1.165) is 50.7 Å². The third-order valence-electron chi connectivity index (χ3n) is 4.57. The Hall–Kier alpha value is -1.95. The number of nitrogens with one attached hydrogen (secondary N) is 1. The number of morpholine rings is 1. The van der Waals surface area contributed by atoms with Crippen LogP contribution in [0.2, 0.25) is 0 Å². The second-order valence-corrected chi connectivity index (χ2v) is 6.19. The van der Waals surface area contributed by atoms with Crippen molar-refractivity contribution in [1.82, 2.24) is 10.2 Å². The van der Waals surface area contributed by atoms with E-state index in [9.17, 15) is 4.39 Å². The summed E-state index contributed by atoms with van der Waals surface area (Å²) in [6, 6.07) is 15.2. The van der Waals surface area contributed by atoms with Gasteiger partial charge in [0.1, 0.15) is 11.6 Å². The van der Waals surface area contributed by atoms with Gasteiger partial charge in [0.2, 0.25) is 0 Å². The summed E-state index contributed by atoms with van der Waals surface area (Å²) in [7, 11) is 1.68. The van der Waals surface area contributed by atoms with E-state index in [1.165, 1.54) is 17.7 Å². The first kappa shape index (κ1) is 17.9.